The van der Waals surface area contributed by atoms with Crippen molar-refractivity contribution in [2.75, 3.05) is 18.0 Å². The van der Waals surface area contributed by atoms with Gasteiger partial charge in [-0.05, 0) is 72.7 Å². The van der Waals surface area contributed by atoms with Gasteiger partial charge in [-0.2, -0.15) is 0 Å². The Hall–Kier alpha value is -1.87. The van der Waals surface area contributed by atoms with Gasteiger partial charge in [0, 0.05) is 23.7 Å². The SMILES string of the molecule is O=Cc1ccc(/C=C/c2cc3c4c(c2)CCCN4CCC3)s1. The molecule has 3 heterocycles. The first-order valence-corrected chi connectivity index (χ1v) is 8.79. The first kappa shape index (κ1) is 13.8. The Labute approximate surface area is 135 Å². The maximum absolute atomic E-state index is 10.8. The molecule has 0 aliphatic carbocycles. The second kappa shape index (κ2) is 5.73. The lowest BCUT2D eigenvalue weighted by Gasteiger charge is -2.37. The smallest absolute Gasteiger partial charge is 0.160 e. The van der Waals surface area contributed by atoms with Crippen LogP contribution in [0.4, 0.5) is 5.69 Å². The fourth-order valence-corrected chi connectivity index (χ4v) is 4.35. The van der Waals surface area contributed by atoms with Crippen molar-refractivity contribution in [2.24, 2.45) is 0 Å². The number of thiophene rings is 1. The number of nitrogens with zero attached hydrogens (tertiary/aromatic N) is 1. The molecular formula is C19H19NOS. The summed E-state index contributed by atoms with van der Waals surface area (Å²) in [6, 6.07) is 8.59. The lowest BCUT2D eigenvalue weighted by molar-refractivity contribution is 0.112. The van der Waals surface area contributed by atoms with Crippen LogP contribution in [0.3, 0.4) is 0 Å². The van der Waals surface area contributed by atoms with E-state index in [9.17, 15) is 4.79 Å². The van der Waals surface area contributed by atoms with Crippen molar-refractivity contribution in [3.63, 3.8) is 0 Å². The Morgan fingerprint density at radius 2 is 1.64 bits per heavy atom. The van der Waals surface area contributed by atoms with E-state index in [1.165, 1.54) is 72.5 Å². The molecule has 0 spiro atoms. The highest BCUT2D eigenvalue weighted by Crippen LogP contribution is 2.36. The number of benzene rings is 1. The van der Waals surface area contributed by atoms with Crippen LogP contribution in [-0.2, 0) is 12.8 Å². The van der Waals surface area contributed by atoms with Crippen molar-refractivity contribution < 1.29 is 4.79 Å². The monoisotopic (exact) mass is 309 g/mol. The maximum atomic E-state index is 10.8. The number of aryl methyl sites for hydroxylation is 2. The van der Waals surface area contributed by atoms with Crippen LogP contribution in [0.1, 0.15) is 44.1 Å². The number of hydrogen-bond donors (Lipinski definition) is 0. The van der Waals surface area contributed by atoms with Crippen molar-refractivity contribution in [1.82, 2.24) is 0 Å². The van der Waals surface area contributed by atoms with Crippen LogP contribution in [0.15, 0.2) is 24.3 Å². The van der Waals surface area contributed by atoms with Crippen LogP contribution in [0, 0.1) is 0 Å². The van der Waals surface area contributed by atoms with Gasteiger partial charge in [-0.15, -0.1) is 11.3 Å². The summed E-state index contributed by atoms with van der Waals surface area (Å²) in [5, 5.41) is 0. The van der Waals surface area contributed by atoms with Crippen LogP contribution < -0.4 is 4.90 Å². The first-order valence-electron chi connectivity index (χ1n) is 7.97. The highest BCUT2D eigenvalue weighted by Gasteiger charge is 2.23. The molecule has 1 aromatic heterocycles. The lowest BCUT2D eigenvalue weighted by atomic mass is 9.90. The Balaban J connectivity index is 1.66. The number of anilines is 1. The van der Waals surface area contributed by atoms with Gasteiger partial charge in [-0.3, -0.25) is 4.79 Å². The summed E-state index contributed by atoms with van der Waals surface area (Å²) < 4.78 is 0. The van der Waals surface area contributed by atoms with Crippen molar-refractivity contribution in [3.8, 4) is 0 Å². The first-order chi connectivity index (χ1) is 10.8. The van der Waals surface area contributed by atoms with E-state index in [1.807, 2.05) is 12.1 Å². The molecule has 3 heteroatoms. The summed E-state index contributed by atoms with van der Waals surface area (Å²) in [6.45, 7) is 2.44. The molecule has 0 bridgehead atoms. The molecule has 0 saturated carbocycles. The molecule has 2 aliphatic heterocycles. The highest BCUT2D eigenvalue weighted by molar-refractivity contribution is 7.14. The molecule has 0 amide bonds. The number of hydrogen-bond acceptors (Lipinski definition) is 3. The Morgan fingerprint density at radius 1 is 0.955 bits per heavy atom. The van der Waals surface area contributed by atoms with Gasteiger partial charge in [0.05, 0.1) is 4.88 Å². The van der Waals surface area contributed by atoms with E-state index in [-0.39, 0.29) is 0 Å². The molecule has 2 nitrogen and oxygen atoms in total. The highest BCUT2D eigenvalue weighted by atomic mass is 32.1. The third-order valence-electron chi connectivity index (χ3n) is 4.56. The summed E-state index contributed by atoms with van der Waals surface area (Å²) in [5.74, 6) is 0. The molecule has 2 aromatic rings. The third kappa shape index (κ3) is 2.50. The second-order valence-corrected chi connectivity index (χ2v) is 7.22. The van der Waals surface area contributed by atoms with Gasteiger partial charge in [0.25, 0.3) is 0 Å². The molecule has 0 radical (unpaired) electrons. The van der Waals surface area contributed by atoms with Crippen LogP contribution >= 0.6 is 11.3 Å². The van der Waals surface area contributed by atoms with E-state index in [0.717, 1.165) is 16.0 Å². The zero-order chi connectivity index (χ0) is 14.9. The Bertz CT molecular complexity index is 713. The van der Waals surface area contributed by atoms with Gasteiger partial charge < -0.3 is 4.90 Å². The molecule has 4 rings (SSSR count). The topological polar surface area (TPSA) is 20.3 Å². The molecule has 0 unspecified atom stereocenters. The predicted octanol–water partition coefficient (Wildman–Crippen LogP) is 4.43. The molecule has 22 heavy (non-hydrogen) atoms. The van der Waals surface area contributed by atoms with E-state index in [1.54, 1.807) is 0 Å². The summed E-state index contributed by atoms with van der Waals surface area (Å²) in [6.07, 6.45) is 10.2. The van der Waals surface area contributed by atoms with Crippen LogP contribution in [0.2, 0.25) is 0 Å². The van der Waals surface area contributed by atoms with Crippen molar-refractivity contribution in [3.05, 3.63) is 50.7 Å². The minimum absolute atomic E-state index is 0.788. The van der Waals surface area contributed by atoms with E-state index >= 15 is 0 Å². The van der Waals surface area contributed by atoms with Gasteiger partial charge in [0.15, 0.2) is 6.29 Å². The fraction of sp³-hybridized carbons (Fsp3) is 0.316. The third-order valence-corrected chi connectivity index (χ3v) is 5.53. The van der Waals surface area contributed by atoms with E-state index in [4.69, 9.17) is 0 Å². The van der Waals surface area contributed by atoms with Crippen molar-refractivity contribution in [1.29, 1.82) is 0 Å². The molecule has 0 N–H and O–H groups in total. The molecule has 0 fully saturated rings. The number of rotatable bonds is 3. The molecule has 0 saturated heterocycles. The predicted molar refractivity (Wildman–Crippen MR) is 93.9 cm³/mol. The van der Waals surface area contributed by atoms with Crippen LogP contribution in [0.5, 0.6) is 0 Å². The zero-order valence-corrected chi connectivity index (χ0v) is 13.4. The fourth-order valence-electron chi connectivity index (χ4n) is 3.63. The number of carbonyl (C=O) groups excluding carboxylic acids is 1. The summed E-state index contributed by atoms with van der Waals surface area (Å²) >= 11 is 1.54. The normalized spacial score (nSPS) is 16.8. The molecular weight excluding hydrogens is 290 g/mol. The molecule has 112 valence electrons. The van der Waals surface area contributed by atoms with E-state index in [0.29, 0.717) is 0 Å². The van der Waals surface area contributed by atoms with Gasteiger partial charge >= 0.3 is 0 Å². The average molecular weight is 309 g/mol. The lowest BCUT2D eigenvalue weighted by Crippen LogP contribution is -2.34. The zero-order valence-electron chi connectivity index (χ0n) is 12.5. The minimum atomic E-state index is 0.788. The average Bonchev–Trinajstić information content (AvgIpc) is 3.02. The Kier molecular flexibility index (Phi) is 3.59. The van der Waals surface area contributed by atoms with Gasteiger partial charge in [0.2, 0.25) is 0 Å². The minimum Gasteiger partial charge on any atom is -0.371 e. The number of aldehydes is 1. The van der Waals surface area contributed by atoms with Crippen LogP contribution in [0.25, 0.3) is 12.2 Å². The van der Waals surface area contributed by atoms with Crippen LogP contribution in [-0.4, -0.2) is 19.4 Å². The molecule has 2 aliphatic rings. The second-order valence-electron chi connectivity index (χ2n) is 6.07. The van der Waals surface area contributed by atoms with Crippen molar-refractivity contribution in [2.45, 2.75) is 25.7 Å². The van der Waals surface area contributed by atoms with Crippen molar-refractivity contribution >= 4 is 35.5 Å². The quantitative estimate of drug-likeness (QED) is 0.782. The standard InChI is InChI=1S/C19H19NOS/c21-13-18-8-7-17(22-18)6-5-14-11-15-3-1-9-20-10-2-4-16(12-14)19(15)20/h5-8,11-13H,1-4,9-10H2/b6-5+. The largest absolute Gasteiger partial charge is 0.371 e. The summed E-state index contributed by atoms with van der Waals surface area (Å²) in [4.78, 5) is 15.2. The Morgan fingerprint density at radius 3 is 2.27 bits per heavy atom. The van der Waals surface area contributed by atoms with Gasteiger partial charge in [-0.25, -0.2) is 0 Å². The molecule has 0 atom stereocenters. The van der Waals surface area contributed by atoms with Gasteiger partial charge in [0.1, 0.15) is 0 Å². The molecule has 1 aromatic carbocycles. The van der Waals surface area contributed by atoms with Gasteiger partial charge in [-0.1, -0.05) is 6.08 Å². The maximum Gasteiger partial charge on any atom is 0.160 e. The number of carbonyl (C=O) groups is 1. The van der Waals surface area contributed by atoms with E-state index < -0.39 is 0 Å². The van der Waals surface area contributed by atoms with E-state index in [2.05, 4.69) is 29.2 Å². The summed E-state index contributed by atoms with van der Waals surface area (Å²) in [5.41, 5.74) is 5.85. The summed E-state index contributed by atoms with van der Waals surface area (Å²) in [7, 11) is 0.